The Morgan fingerprint density at radius 2 is 0.781 bits per heavy atom. The Bertz CT molecular complexity index is 3690. The third kappa shape index (κ3) is 5.31. The normalized spacial score (nSPS) is 12.8. The van der Waals surface area contributed by atoms with Crippen molar-refractivity contribution in [2.45, 2.75) is 5.41 Å². The van der Waals surface area contributed by atoms with Crippen LogP contribution in [0.15, 0.2) is 249 Å². The van der Waals surface area contributed by atoms with Gasteiger partial charge in [0.15, 0.2) is 0 Å². The van der Waals surface area contributed by atoms with Crippen LogP contribution in [-0.2, 0) is 5.41 Å². The van der Waals surface area contributed by atoms with E-state index in [0.717, 1.165) is 5.69 Å². The first-order valence-corrected chi connectivity index (χ1v) is 22.3. The molecule has 11 aromatic carbocycles. The highest BCUT2D eigenvalue weighted by Crippen LogP contribution is 2.60. The fraction of sp³-hybridized carbons (Fsp3) is 0.0159. The molecule has 64 heavy (non-hydrogen) atoms. The van der Waals surface area contributed by atoms with Crippen molar-refractivity contribution in [3.63, 3.8) is 0 Å². The van der Waals surface area contributed by atoms with E-state index in [2.05, 4.69) is 253 Å². The lowest BCUT2D eigenvalue weighted by Crippen LogP contribution is -2.30. The van der Waals surface area contributed by atoms with Gasteiger partial charge < -0.3 is 4.57 Å². The van der Waals surface area contributed by atoms with Gasteiger partial charge in [0.1, 0.15) is 0 Å². The maximum absolute atomic E-state index is 2.53. The third-order valence-corrected chi connectivity index (χ3v) is 13.9. The smallest absolute Gasteiger partial charge is 0.0726 e. The van der Waals surface area contributed by atoms with E-state index in [0.29, 0.717) is 0 Å². The Morgan fingerprint density at radius 1 is 0.266 bits per heavy atom. The summed E-state index contributed by atoms with van der Waals surface area (Å²) in [5, 5.41) is 7.52. The molecule has 298 valence electrons. The van der Waals surface area contributed by atoms with E-state index in [9.17, 15) is 0 Å². The quantitative estimate of drug-likeness (QED) is 0.158. The predicted molar refractivity (Wildman–Crippen MR) is 269 cm³/mol. The molecule has 0 spiro atoms. The van der Waals surface area contributed by atoms with Gasteiger partial charge in [-0.05, 0) is 113 Å². The zero-order valence-electron chi connectivity index (χ0n) is 35.1. The molecule has 0 bridgehead atoms. The average Bonchev–Trinajstić information content (AvgIpc) is 3.87. The van der Waals surface area contributed by atoms with Crippen LogP contribution in [0.1, 0.15) is 22.3 Å². The molecular weight excluding hydrogens is 771 g/mol. The minimum Gasteiger partial charge on any atom is -0.309 e. The zero-order chi connectivity index (χ0) is 42.2. The van der Waals surface area contributed by atoms with Gasteiger partial charge >= 0.3 is 0 Å². The van der Waals surface area contributed by atoms with Gasteiger partial charge in [0.25, 0.3) is 0 Å². The third-order valence-electron chi connectivity index (χ3n) is 13.9. The lowest BCUT2D eigenvalue weighted by Gasteiger charge is -2.37. The Kier molecular flexibility index (Phi) is 8.20. The minimum atomic E-state index is -0.680. The van der Waals surface area contributed by atoms with E-state index in [-0.39, 0.29) is 0 Å². The second kappa shape index (κ2) is 14.4. The summed E-state index contributed by atoms with van der Waals surface area (Å²) in [5.41, 5.74) is 17.7. The Morgan fingerprint density at radius 3 is 1.47 bits per heavy atom. The van der Waals surface area contributed by atoms with Crippen LogP contribution in [-0.4, -0.2) is 4.57 Å². The molecule has 1 aromatic heterocycles. The van der Waals surface area contributed by atoms with Crippen molar-refractivity contribution < 1.29 is 0 Å². The van der Waals surface area contributed by atoms with E-state index in [1.165, 1.54) is 110 Å². The number of hydrogen-bond acceptors (Lipinski definition) is 0. The van der Waals surface area contributed by atoms with Gasteiger partial charge in [0.2, 0.25) is 0 Å². The maximum Gasteiger partial charge on any atom is 0.0726 e. The number of aromatic nitrogens is 1. The summed E-state index contributed by atoms with van der Waals surface area (Å²) in [4.78, 5) is 0. The van der Waals surface area contributed by atoms with Gasteiger partial charge in [-0.25, -0.2) is 0 Å². The SMILES string of the molecule is c1ccc(-c2ccccc2C2(c3ccccc3-c3ccccc3)c3ccccc3-c3ccc(-n4c5cc(-c6cccc7ccccc67)ccc5c5c6ccccc6ccc54)cc32)cc1. The highest BCUT2D eigenvalue weighted by molar-refractivity contribution is 6.22. The molecule has 12 aromatic rings. The summed E-state index contributed by atoms with van der Waals surface area (Å²) in [6, 6.07) is 92.5. The first-order valence-electron chi connectivity index (χ1n) is 22.3. The summed E-state index contributed by atoms with van der Waals surface area (Å²) in [6.07, 6.45) is 0. The highest BCUT2D eigenvalue weighted by atomic mass is 15.0. The predicted octanol–water partition coefficient (Wildman–Crippen LogP) is 16.5. The monoisotopic (exact) mass is 811 g/mol. The second-order valence-corrected chi connectivity index (χ2v) is 17.1. The minimum absolute atomic E-state index is 0.680. The number of benzene rings is 11. The average molecular weight is 812 g/mol. The largest absolute Gasteiger partial charge is 0.309 e. The van der Waals surface area contributed by atoms with Crippen molar-refractivity contribution in [1.29, 1.82) is 0 Å². The van der Waals surface area contributed by atoms with Crippen molar-refractivity contribution in [2.24, 2.45) is 0 Å². The van der Waals surface area contributed by atoms with Crippen molar-refractivity contribution in [3.8, 4) is 50.2 Å². The van der Waals surface area contributed by atoms with E-state index in [1.54, 1.807) is 0 Å². The van der Waals surface area contributed by atoms with Gasteiger partial charge in [-0.15, -0.1) is 0 Å². The molecule has 0 amide bonds. The molecule has 1 aliphatic rings. The van der Waals surface area contributed by atoms with Crippen LogP contribution in [0.5, 0.6) is 0 Å². The van der Waals surface area contributed by atoms with Crippen molar-refractivity contribution in [3.05, 3.63) is 271 Å². The lowest BCUT2D eigenvalue weighted by atomic mass is 9.64. The van der Waals surface area contributed by atoms with E-state index >= 15 is 0 Å². The van der Waals surface area contributed by atoms with Crippen LogP contribution in [0.25, 0.3) is 93.5 Å². The zero-order valence-corrected chi connectivity index (χ0v) is 35.1. The molecule has 1 nitrogen and oxygen atoms in total. The van der Waals surface area contributed by atoms with E-state index < -0.39 is 5.41 Å². The molecule has 0 fully saturated rings. The maximum atomic E-state index is 2.53. The Hall–Kier alpha value is -8.26. The standard InChI is InChI=1S/C63H41N/c1-3-18-43(19-4-1)50-26-11-14-31-56(50)63(57-32-15-12-27-51(57)44-20-5-2-6-21-44)58-33-16-13-29-53(58)54-38-36-47(41-59(54)63)64-60-39-35-45-23-8-10-28-52(45)62(60)55-37-34-46(40-61(55)64)49-30-17-24-42-22-7-9-25-48(42)49/h1-41H. The lowest BCUT2D eigenvalue weighted by molar-refractivity contribution is 0.771. The summed E-state index contributed by atoms with van der Waals surface area (Å²) >= 11 is 0. The molecule has 0 atom stereocenters. The Labute approximate surface area is 372 Å². The van der Waals surface area contributed by atoms with Gasteiger partial charge in [-0.2, -0.15) is 0 Å². The molecular formula is C63H41N. The Balaban J connectivity index is 1.16. The van der Waals surface area contributed by atoms with Crippen LogP contribution in [0.4, 0.5) is 0 Å². The number of rotatable bonds is 6. The van der Waals surface area contributed by atoms with Gasteiger partial charge in [0, 0.05) is 16.5 Å². The van der Waals surface area contributed by atoms with Crippen molar-refractivity contribution in [2.75, 3.05) is 0 Å². The summed E-state index contributed by atoms with van der Waals surface area (Å²) in [6.45, 7) is 0. The molecule has 1 aliphatic carbocycles. The second-order valence-electron chi connectivity index (χ2n) is 17.1. The highest BCUT2D eigenvalue weighted by Gasteiger charge is 2.48. The summed E-state index contributed by atoms with van der Waals surface area (Å²) in [5.74, 6) is 0. The fourth-order valence-corrected chi connectivity index (χ4v) is 11.2. The van der Waals surface area contributed by atoms with Crippen LogP contribution in [0, 0.1) is 0 Å². The summed E-state index contributed by atoms with van der Waals surface area (Å²) in [7, 11) is 0. The van der Waals surface area contributed by atoms with Gasteiger partial charge in [-0.3, -0.25) is 0 Å². The number of fused-ring (bicyclic) bond motifs is 9. The van der Waals surface area contributed by atoms with Crippen LogP contribution in [0.2, 0.25) is 0 Å². The molecule has 0 unspecified atom stereocenters. The first kappa shape index (κ1) is 36.4. The number of nitrogens with zero attached hydrogens (tertiary/aromatic N) is 1. The van der Waals surface area contributed by atoms with Gasteiger partial charge in [-0.1, -0.05) is 224 Å². The number of hydrogen-bond donors (Lipinski definition) is 0. The van der Waals surface area contributed by atoms with E-state index in [4.69, 9.17) is 0 Å². The molecule has 1 heteroatoms. The molecule has 0 N–H and O–H groups in total. The van der Waals surface area contributed by atoms with Gasteiger partial charge in [0.05, 0.1) is 16.4 Å². The molecule has 13 rings (SSSR count). The topological polar surface area (TPSA) is 4.93 Å². The fourth-order valence-electron chi connectivity index (χ4n) is 11.2. The molecule has 1 heterocycles. The van der Waals surface area contributed by atoms with E-state index in [1.807, 2.05) is 0 Å². The van der Waals surface area contributed by atoms with Crippen molar-refractivity contribution >= 4 is 43.4 Å². The van der Waals surface area contributed by atoms with Crippen LogP contribution < -0.4 is 0 Å². The molecule has 0 saturated heterocycles. The van der Waals surface area contributed by atoms with Crippen LogP contribution in [0.3, 0.4) is 0 Å². The summed E-state index contributed by atoms with van der Waals surface area (Å²) < 4.78 is 2.53. The first-order chi connectivity index (χ1) is 31.8. The van der Waals surface area contributed by atoms with Crippen molar-refractivity contribution in [1.82, 2.24) is 4.57 Å². The van der Waals surface area contributed by atoms with Crippen LogP contribution >= 0.6 is 0 Å². The molecule has 0 aliphatic heterocycles. The molecule has 0 saturated carbocycles. The molecule has 0 radical (unpaired) electrons.